The highest BCUT2D eigenvalue weighted by atomic mass is 16.7. The molecule has 1 aliphatic carbocycles. The van der Waals surface area contributed by atoms with Crippen molar-refractivity contribution in [2.75, 3.05) is 25.3 Å². The lowest BCUT2D eigenvalue weighted by Gasteiger charge is -2.09. The molecule has 0 spiro atoms. The van der Waals surface area contributed by atoms with Crippen LogP contribution in [0.2, 0.25) is 0 Å². The molecular weight excluding hydrogens is 348 g/mol. The average molecular weight is 368 g/mol. The molecule has 2 aliphatic rings. The molecule has 0 radical (unpaired) electrons. The number of hydrogen-bond donors (Lipinski definition) is 2. The van der Waals surface area contributed by atoms with Crippen molar-refractivity contribution < 1.29 is 23.8 Å². The van der Waals surface area contributed by atoms with E-state index in [1.165, 1.54) is 0 Å². The van der Waals surface area contributed by atoms with Gasteiger partial charge in [0.15, 0.2) is 11.5 Å². The second kappa shape index (κ2) is 7.57. The topological polar surface area (TPSA) is 85.9 Å². The SMILES string of the molecule is O=C(NCCOc1ccc2c(c1)OCO2)c1ccc(NC(=O)C2CC2)cc1. The van der Waals surface area contributed by atoms with E-state index in [9.17, 15) is 9.59 Å². The zero-order valence-electron chi connectivity index (χ0n) is 14.7. The summed E-state index contributed by atoms with van der Waals surface area (Å²) in [4.78, 5) is 23.9. The summed E-state index contributed by atoms with van der Waals surface area (Å²) in [6, 6.07) is 12.2. The van der Waals surface area contributed by atoms with Gasteiger partial charge in [0.2, 0.25) is 12.7 Å². The minimum absolute atomic E-state index is 0.0490. The summed E-state index contributed by atoms with van der Waals surface area (Å²) in [5.74, 6) is 2.03. The summed E-state index contributed by atoms with van der Waals surface area (Å²) in [5.41, 5.74) is 1.23. The van der Waals surface area contributed by atoms with E-state index in [4.69, 9.17) is 14.2 Å². The molecule has 1 aliphatic heterocycles. The molecule has 7 heteroatoms. The largest absolute Gasteiger partial charge is 0.492 e. The van der Waals surface area contributed by atoms with Crippen LogP contribution < -0.4 is 24.8 Å². The lowest BCUT2D eigenvalue weighted by atomic mass is 10.2. The van der Waals surface area contributed by atoms with Crippen molar-refractivity contribution >= 4 is 17.5 Å². The molecule has 0 atom stereocenters. The molecule has 2 N–H and O–H groups in total. The van der Waals surface area contributed by atoms with Crippen LogP contribution in [0.4, 0.5) is 5.69 Å². The molecule has 1 saturated carbocycles. The van der Waals surface area contributed by atoms with Crippen molar-refractivity contribution in [3.05, 3.63) is 48.0 Å². The molecular formula is C20H20N2O5. The van der Waals surface area contributed by atoms with E-state index in [0.29, 0.717) is 41.7 Å². The normalized spacial score (nSPS) is 14.5. The third-order valence-corrected chi connectivity index (χ3v) is 4.36. The van der Waals surface area contributed by atoms with Gasteiger partial charge in [-0.1, -0.05) is 0 Å². The van der Waals surface area contributed by atoms with Gasteiger partial charge in [0.25, 0.3) is 5.91 Å². The Labute approximate surface area is 156 Å². The number of nitrogens with one attached hydrogen (secondary N) is 2. The van der Waals surface area contributed by atoms with Crippen molar-refractivity contribution in [2.24, 2.45) is 5.92 Å². The number of hydrogen-bond acceptors (Lipinski definition) is 5. The number of carbonyl (C=O) groups is 2. The van der Waals surface area contributed by atoms with Gasteiger partial charge in [-0.15, -0.1) is 0 Å². The van der Waals surface area contributed by atoms with Crippen LogP contribution in [0.15, 0.2) is 42.5 Å². The van der Waals surface area contributed by atoms with Gasteiger partial charge < -0.3 is 24.8 Å². The Morgan fingerprint density at radius 3 is 2.59 bits per heavy atom. The highest BCUT2D eigenvalue weighted by Gasteiger charge is 2.29. The first-order valence-electron chi connectivity index (χ1n) is 8.90. The number of amides is 2. The number of fused-ring (bicyclic) bond motifs is 1. The Morgan fingerprint density at radius 2 is 1.81 bits per heavy atom. The maximum absolute atomic E-state index is 12.2. The van der Waals surface area contributed by atoms with Crippen LogP contribution in [-0.2, 0) is 4.79 Å². The van der Waals surface area contributed by atoms with Gasteiger partial charge in [-0.3, -0.25) is 9.59 Å². The summed E-state index contributed by atoms with van der Waals surface area (Å²) in [6.07, 6.45) is 1.92. The molecule has 2 aromatic rings. The zero-order valence-corrected chi connectivity index (χ0v) is 14.7. The molecule has 0 aromatic heterocycles. The van der Waals surface area contributed by atoms with Gasteiger partial charge in [0, 0.05) is 23.2 Å². The van der Waals surface area contributed by atoms with E-state index in [1.807, 2.05) is 0 Å². The fourth-order valence-electron chi connectivity index (χ4n) is 2.70. The number of carbonyl (C=O) groups excluding carboxylic acids is 2. The molecule has 1 fully saturated rings. The van der Waals surface area contributed by atoms with Crippen LogP contribution in [-0.4, -0.2) is 31.8 Å². The zero-order chi connectivity index (χ0) is 18.6. The molecule has 27 heavy (non-hydrogen) atoms. The van der Waals surface area contributed by atoms with E-state index in [0.717, 1.165) is 12.8 Å². The molecule has 140 valence electrons. The molecule has 2 aromatic carbocycles. The summed E-state index contributed by atoms with van der Waals surface area (Å²) in [5, 5.41) is 5.65. The van der Waals surface area contributed by atoms with Crippen LogP contribution in [0.5, 0.6) is 17.2 Å². The second-order valence-corrected chi connectivity index (χ2v) is 6.46. The van der Waals surface area contributed by atoms with Crippen LogP contribution in [0.3, 0.4) is 0 Å². The molecule has 1 heterocycles. The first-order chi connectivity index (χ1) is 13.2. The minimum atomic E-state index is -0.190. The lowest BCUT2D eigenvalue weighted by molar-refractivity contribution is -0.117. The highest BCUT2D eigenvalue weighted by molar-refractivity contribution is 5.96. The number of anilines is 1. The number of ether oxygens (including phenoxy) is 3. The van der Waals surface area contributed by atoms with Crippen molar-refractivity contribution in [2.45, 2.75) is 12.8 Å². The lowest BCUT2D eigenvalue weighted by Crippen LogP contribution is -2.28. The third kappa shape index (κ3) is 4.31. The van der Waals surface area contributed by atoms with Crippen LogP contribution >= 0.6 is 0 Å². The van der Waals surface area contributed by atoms with E-state index in [-0.39, 0.29) is 24.5 Å². The maximum Gasteiger partial charge on any atom is 0.251 e. The fourth-order valence-corrected chi connectivity index (χ4v) is 2.70. The average Bonchev–Trinajstić information content (AvgIpc) is 3.44. The van der Waals surface area contributed by atoms with E-state index >= 15 is 0 Å². The molecule has 2 amide bonds. The minimum Gasteiger partial charge on any atom is -0.492 e. The van der Waals surface area contributed by atoms with Crippen molar-refractivity contribution in [3.63, 3.8) is 0 Å². The van der Waals surface area contributed by atoms with Crippen molar-refractivity contribution in [1.82, 2.24) is 5.32 Å². The van der Waals surface area contributed by atoms with Gasteiger partial charge in [-0.25, -0.2) is 0 Å². The third-order valence-electron chi connectivity index (χ3n) is 4.36. The van der Waals surface area contributed by atoms with Gasteiger partial charge in [0.05, 0.1) is 6.54 Å². The molecule has 4 rings (SSSR count). The summed E-state index contributed by atoms with van der Waals surface area (Å²) >= 11 is 0. The van der Waals surface area contributed by atoms with Crippen molar-refractivity contribution in [3.8, 4) is 17.2 Å². The molecule has 0 unspecified atom stereocenters. The van der Waals surface area contributed by atoms with Crippen LogP contribution in [0.25, 0.3) is 0 Å². The fraction of sp³-hybridized carbons (Fsp3) is 0.300. The Morgan fingerprint density at radius 1 is 1.04 bits per heavy atom. The summed E-state index contributed by atoms with van der Waals surface area (Å²) in [6.45, 7) is 0.923. The highest BCUT2D eigenvalue weighted by Crippen LogP contribution is 2.35. The van der Waals surface area contributed by atoms with Crippen LogP contribution in [0, 0.1) is 5.92 Å². The second-order valence-electron chi connectivity index (χ2n) is 6.46. The Bertz CT molecular complexity index is 846. The Kier molecular flexibility index (Phi) is 4.82. The predicted molar refractivity (Wildman–Crippen MR) is 98.2 cm³/mol. The van der Waals surface area contributed by atoms with Gasteiger partial charge in [0.1, 0.15) is 12.4 Å². The van der Waals surface area contributed by atoms with Crippen molar-refractivity contribution in [1.29, 1.82) is 0 Å². The Hall–Kier alpha value is -3.22. The van der Waals surface area contributed by atoms with Crippen LogP contribution in [0.1, 0.15) is 23.2 Å². The summed E-state index contributed by atoms with van der Waals surface area (Å²) in [7, 11) is 0. The van der Waals surface area contributed by atoms with Gasteiger partial charge in [-0.2, -0.15) is 0 Å². The first kappa shape index (κ1) is 17.2. The van der Waals surface area contributed by atoms with Gasteiger partial charge >= 0.3 is 0 Å². The maximum atomic E-state index is 12.2. The number of rotatable bonds is 7. The number of benzene rings is 2. The predicted octanol–water partition coefficient (Wildman–Crippen LogP) is 2.57. The van der Waals surface area contributed by atoms with E-state index in [2.05, 4.69) is 10.6 Å². The standard InChI is InChI=1S/C20H20N2O5/c23-19(13-3-5-15(6-4-13)22-20(24)14-1-2-14)21-9-10-25-16-7-8-17-18(11-16)27-12-26-17/h3-8,11,14H,1-2,9-10,12H2,(H,21,23)(H,22,24). The van der Waals surface area contributed by atoms with Gasteiger partial charge in [-0.05, 0) is 49.2 Å². The Balaban J connectivity index is 1.21. The first-order valence-corrected chi connectivity index (χ1v) is 8.90. The summed E-state index contributed by atoms with van der Waals surface area (Å²) < 4.78 is 16.2. The smallest absolute Gasteiger partial charge is 0.251 e. The van der Waals surface area contributed by atoms with E-state index in [1.54, 1.807) is 42.5 Å². The molecule has 0 bridgehead atoms. The quantitative estimate of drug-likeness (QED) is 0.734. The van der Waals surface area contributed by atoms with E-state index < -0.39 is 0 Å². The molecule has 0 saturated heterocycles. The molecule has 7 nitrogen and oxygen atoms in total. The monoisotopic (exact) mass is 368 g/mol.